The average Bonchev–Trinajstić information content (AvgIpc) is 2.96. The fraction of sp³-hybridized carbons (Fsp3) is 0.222. The first-order valence-corrected chi connectivity index (χ1v) is 7.68. The molecule has 7 nitrogen and oxygen atoms in total. The van der Waals surface area contributed by atoms with Crippen LogP contribution in [0.15, 0.2) is 51.7 Å². The van der Waals surface area contributed by atoms with Crippen LogP contribution in [0.3, 0.4) is 0 Å². The van der Waals surface area contributed by atoms with E-state index < -0.39 is 11.8 Å². The molecule has 25 heavy (non-hydrogen) atoms. The van der Waals surface area contributed by atoms with Crippen LogP contribution in [0.4, 0.5) is 5.69 Å². The van der Waals surface area contributed by atoms with Crippen molar-refractivity contribution in [1.29, 1.82) is 0 Å². The number of nitrogens with one attached hydrogen (secondary N) is 1. The fourth-order valence-electron chi connectivity index (χ4n) is 2.63. The van der Waals surface area contributed by atoms with Crippen LogP contribution in [0.25, 0.3) is 11.1 Å². The Morgan fingerprint density at radius 3 is 2.56 bits per heavy atom. The van der Waals surface area contributed by atoms with Crippen LogP contribution >= 0.6 is 0 Å². The third kappa shape index (κ3) is 3.08. The highest BCUT2D eigenvalue weighted by molar-refractivity contribution is 5.94. The topological polar surface area (TPSA) is 82.7 Å². The number of hydrogen-bond acceptors (Lipinski definition) is 5. The summed E-state index contributed by atoms with van der Waals surface area (Å²) < 4.78 is 16.9. The van der Waals surface area contributed by atoms with Gasteiger partial charge in [-0.1, -0.05) is 12.1 Å². The number of rotatable bonds is 5. The van der Waals surface area contributed by atoms with Crippen molar-refractivity contribution in [3.8, 4) is 11.5 Å². The molecule has 0 radical (unpaired) electrons. The highest BCUT2D eigenvalue weighted by Gasteiger charge is 2.21. The molecular weight excluding hydrogens is 324 g/mol. The number of oxazole rings is 1. The van der Waals surface area contributed by atoms with Crippen LogP contribution in [0, 0.1) is 0 Å². The fourth-order valence-corrected chi connectivity index (χ4v) is 2.63. The lowest BCUT2D eigenvalue weighted by Crippen LogP contribution is -2.29. The maximum absolute atomic E-state index is 12.6. The van der Waals surface area contributed by atoms with Gasteiger partial charge in [-0.3, -0.25) is 9.36 Å². The summed E-state index contributed by atoms with van der Waals surface area (Å²) in [6, 6.07) is 11.3. The molecule has 1 aromatic heterocycles. The molecule has 0 saturated heterocycles. The van der Waals surface area contributed by atoms with Gasteiger partial charge in [0.1, 0.15) is 6.04 Å². The summed E-state index contributed by atoms with van der Waals surface area (Å²) >= 11 is 0. The van der Waals surface area contributed by atoms with E-state index in [4.69, 9.17) is 13.9 Å². The zero-order valence-electron chi connectivity index (χ0n) is 14.1. The monoisotopic (exact) mass is 342 g/mol. The van der Waals surface area contributed by atoms with Crippen LogP contribution in [-0.4, -0.2) is 24.7 Å². The molecule has 0 aliphatic rings. The van der Waals surface area contributed by atoms with Crippen LogP contribution < -0.4 is 20.5 Å². The molecule has 0 bridgehead atoms. The van der Waals surface area contributed by atoms with Crippen molar-refractivity contribution in [2.24, 2.45) is 0 Å². The van der Waals surface area contributed by atoms with Crippen molar-refractivity contribution in [1.82, 2.24) is 4.57 Å². The normalized spacial score (nSPS) is 12.0. The van der Waals surface area contributed by atoms with Gasteiger partial charge in [0.05, 0.1) is 19.7 Å². The SMILES string of the molecule is COc1ccc(NC(=O)C(C)n2c(=O)oc3ccccc32)cc1OC. The van der Waals surface area contributed by atoms with Crippen molar-refractivity contribution in [3.05, 3.63) is 53.0 Å². The van der Waals surface area contributed by atoms with E-state index in [2.05, 4.69) is 5.32 Å². The van der Waals surface area contributed by atoms with E-state index in [1.807, 2.05) is 0 Å². The minimum absolute atomic E-state index is 0.346. The molecule has 3 aromatic rings. The van der Waals surface area contributed by atoms with E-state index in [0.717, 1.165) is 0 Å². The lowest BCUT2D eigenvalue weighted by molar-refractivity contribution is -0.118. The zero-order chi connectivity index (χ0) is 18.0. The molecule has 0 aliphatic heterocycles. The number of amides is 1. The van der Waals surface area contributed by atoms with Crippen molar-refractivity contribution in [2.45, 2.75) is 13.0 Å². The first-order chi connectivity index (χ1) is 12.0. The van der Waals surface area contributed by atoms with Crippen molar-refractivity contribution < 1.29 is 18.7 Å². The summed E-state index contributed by atoms with van der Waals surface area (Å²) in [5, 5.41) is 2.77. The van der Waals surface area contributed by atoms with Crippen molar-refractivity contribution in [2.75, 3.05) is 19.5 Å². The molecule has 1 N–H and O–H groups in total. The van der Waals surface area contributed by atoms with Gasteiger partial charge < -0.3 is 19.2 Å². The lowest BCUT2D eigenvalue weighted by atomic mass is 10.2. The standard InChI is InChI=1S/C18H18N2O5/c1-11(20-13-6-4-5-7-14(13)25-18(20)22)17(21)19-12-8-9-15(23-2)16(10-12)24-3/h4-11H,1-3H3,(H,19,21). The Morgan fingerprint density at radius 2 is 1.84 bits per heavy atom. The van der Waals surface area contributed by atoms with E-state index in [-0.39, 0.29) is 5.91 Å². The summed E-state index contributed by atoms with van der Waals surface area (Å²) in [4.78, 5) is 24.7. The Morgan fingerprint density at radius 1 is 1.12 bits per heavy atom. The van der Waals surface area contributed by atoms with Gasteiger partial charge in [0, 0.05) is 11.8 Å². The third-order valence-corrected chi connectivity index (χ3v) is 3.94. The first kappa shape index (κ1) is 16.6. The number of anilines is 1. The first-order valence-electron chi connectivity index (χ1n) is 7.68. The second-order valence-electron chi connectivity index (χ2n) is 5.44. The van der Waals surface area contributed by atoms with Crippen molar-refractivity contribution >= 4 is 22.7 Å². The largest absolute Gasteiger partial charge is 0.493 e. The lowest BCUT2D eigenvalue weighted by Gasteiger charge is -2.14. The summed E-state index contributed by atoms with van der Waals surface area (Å²) in [7, 11) is 3.05. The molecule has 0 fully saturated rings. The number of fused-ring (bicyclic) bond motifs is 1. The zero-order valence-corrected chi connectivity index (χ0v) is 14.1. The van der Waals surface area contributed by atoms with E-state index >= 15 is 0 Å². The predicted octanol–water partition coefficient (Wildman–Crippen LogP) is 2.81. The molecule has 7 heteroatoms. The summed E-state index contributed by atoms with van der Waals surface area (Å²) in [6.07, 6.45) is 0. The molecule has 1 unspecified atom stereocenters. The summed E-state index contributed by atoms with van der Waals surface area (Å²) in [5.41, 5.74) is 1.55. The van der Waals surface area contributed by atoms with Crippen LogP contribution in [-0.2, 0) is 4.79 Å². The highest BCUT2D eigenvalue weighted by atomic mass is 16.5. The van der Waals surface area contributed by atoms with Crippen LogP contribution in [0.5, 0.6) is 11.5 Å². The molecule has 1 atom stereocenters. The van der Waals surface area contributed by atoms with Gasteiger partial charge in [-0.2, -0.15) is 0 Å². The second-order valence-corrected chi connectivity index (χ2v) is 5.44. The Hall–Kier alpha value is -3.22. The maximum atomic E-state index is 12.6. The van der Waals surface area contributed by atoms with E-state index in [9.17, 15) is 9.59 Å². The van der Waals surface area contributed by atoms with Gasteiger partial charge >= 0.3 is 5.76 Å². The molecule has 0 aliphatic carbocycles. The number of aromatic nitrogens is 1. The number of benzene rings is 2. The van der Waals surface area contributed by atoms with E-state index in [1.54, 1.807) is 49.4 Å². The molecule has 1 heterocycles. The molecule has 3 rings (SSSR count). The van der Waals surface area contributed by atoms with Gasteiger partial charge in [-0.05, 0) is 31.2 Å². The van der Waals surface area contributed by atoms with Gasteiger partial charge in [0.15, 0.2) is 17.1 Å². The summed E-state index contributed by atoms with van der Waals surface area (Å²) in [6.45, 7) is 1.64. The van der Waals surface area contributed by atoms with Gasteiger partial charge in [0.25, 0.3) is 0 Å². The third-order valence-electron chi connectivity index (χ3n) is 3.94. The van der Waals surface area contributed by atoms with Gasteiger partial charge in [-0.25, -0.2) is 4.79 Å². The maximum Gasteiger partial charge on any atom is 0.420 e. The molecule has 2 aromatic carbocycles. The summed E-state index contributed by atoms with van der Waals surface area (Å²) in [5.74, 6) is 0.140. The van der Waals surface area contributed by atoms with Gasteiger partial charge in [-0.15, -0.1) is 0 Å². The highest BCUT2D eigenvalue weighted by Crippen LogP contribution is 2.30. The Kier molecular flexibility index (Phi) is 4.47. The Labute approximate surface area is 143 Å². The quantitative estimate of drug-likeness (QED) is 0.771. The van der Waals surface area contributed by atoms with E-state index in [0.29, 0.717) is 28.3 Å². The molecular formula is C18H18N2O5. The Bertz CT molecular complexity index is 973. The number of para-hydroxylation sites is 2. The number of carbonyl (C=O) groups excluding carboxylic acids is 1. The van der Waals surface area contributed by atoms with Crippen LogP contribution in [0.1, 0.15) is 13.0 Å². The van der Waals surface area contributed by atoms with E-state index in [1.165, 1.54) is 18.8 Å². The number of carbonyl (C=O) groups is 1. The minimum Gasteiger partial charge on any atom is -0.493 e. The molecule has 1 amide bonds. The van der Waals surface area contributed by atoms with Crippen LogP contribution in [0.2, 0.25) is 0 Å². The number of nitrogens with zero attached hydrogens (tertiary/aromatic N) is 1. The predicted molar refractivity (Wildman–Crippen MR) is 93.4 cm³/mol. The number of hydrogen-bond donors (Lipinski definition) is 1. The number of methoxy groups -OCH3 is 2. The van der Waals surface area contributed by atoms with Gasteiger partial charge in [0.2, 0.25) is 5.91 Å². The smallest absolute Gasteiger partial charge is 0.420 e. The Balaban J connectivity index is 1.88. The second kappa shape index (κ2) is 6.72. The molecule has 0 saturated carbocycles. The minimum atomic E-state index is -0.746. The van der Waals surface area contributed by atoms with Crippen molar-refractivity contribution in [3.63, 3.8) is 0 Å². The average molecular weight is 342 g/mol. The molecule has 0 spiro atoms. The molecule has 130 valence electrons. The number of ether oxygens (including phenoxy) is 2.